The SMILES string of the molecule is N#CCCN(C(=O)COc1ccc(Cl)cc1Cl)c1ccc(F)cc1. The van der Waals surface area contributed by atoms with E-state index in [1.165, 1.54) is 35.2 Å². The topological polar surface area (TPSA) is 53.3 Å². The molecule has 2 rings (SSSR count). The van der Waals surface area contributed by atoms with Gasteiger partial charge in [0, 0.05) is 17.3 Å². The highest BCUT2D eigenvalue weighted by Crippen LogP contribution is 2.27. The van der Waals surface area contributed by atoms with Crippen molar-refractivity contribution < 1.29 is 13.9 Å². The van der Waals surface area contributed by atoms with E-state index in [0.717, 1.165) is 0 Å². The van der Waals surface area contributed by atoms with Gasteiger partial charge in [-0.2, -0.15) is 5.26 Å². The lowest BCUT2D eigenvalue weighted by atomic mass is 10.2. The van der Waals surface area contributed by atoms with Crippen LogP contribution < -0.4 is 9.64 Å². The molecule has 4 nitrogen and oxygen atoms in total. The van der Waals surface area contributed by atoms with Crippen molar-refractivity contribution in [2.75, 3.05) is 18.1 Å². The first-order chi connectivity index (χ1) is 11.5. The fourth-order valence-electron chi connectivity index (χ4n) is 1.99. The summed E-state index contributed by atoms with van der Waals surface area (Å²) in [5.74, 6) is -0.452. The van der Waals surface area contributed by atoms with Gasteiger partial charge in [0.25, 0.3) is 5.91 Å². The number of hydrogen-bond acceptors (Lipinski definition) is 3. The standard InChI is InChI=1S/C17H13Cl2FN2O2/c18-12-2-7-16(15(19)10-12)24-11-17(23)22(9-1-8-21)14-5-3-13(20)4-6-14/h2-7,10H,1,9,11H2. The van der Waals surface area contributed by atoms with Crippen LogP contribution in [-0.4, -0.2) is 19.1 Å². The first kappa shape index (κ1) is 18.1. The van der Waals surface area contributed by atoms with E-state index < -0.39 is 5.82 Å². The van der Waals surface area contributed by atoms with Crippen LogP contribution in [-0.2, 0) is 4.79 Å². The summed E-state index contributed by atoms with van der Waals surface area (Å²) in [5, 5.41) is 9.50. The van der Waals surface area contributed by atoms with Gasteiger partial charge in [0.2, 0.25) is 0 Å². The Hall–Kier alpha value is -2.29. The molecule has 0 radical (unpaired) electrons. The molecule has 124 valence electrons. The fourth-order valence-corrected chi connectivity index (χ4v) is 2.45. The number of anilines is 1. The predicted molar refractivity (Wildman–Crippen MR) is 90.9 cm³/mol. The minimum Gasteiger partial charge on any atom is -0.482 e. The Morgan fingerprint density at radius 3 is 2.54 bits per heavy atom. The Labute approximate surface area is 149 Å². The molecular formula is C17H13Cl2FN2O2. The van der Waals surface area contributed by atoms with Gasteiger partial charge in [-0.25, -0.2) is 4.39 Å². The highest BCUT2D eigenvalue weighted by atomic mass is 35.5. The second kappa shape index (κ2) is 8.53. The molecule has 0 saturated carbocycles. The van der Waals surface area contributed by atoms with Gasteiger partial charge >= 0.3 is 0 Å². The van der Waals surface area contributed by atoms with Gasteiger partial charge in [0.05, 0.1) is 17.5 Å². The Balaban J connectivity index is 2.10. The smallest absolute Gasteiger partial charge is 0.264 e. The van der Waals surface area contributed by atoms with Gasteiger partial charge in [-0.3, -0.25) is 4.79 Å². The number of ether oxygens (including phenoxy) is 1. The third-order valence-electron chi connectivity index (χ3n) is 3.13. The molecule has 24 heavy (non-hydrogen) atoms. The first-order valence-corrected chi connectivity index (χ1v) is 7.77. The highest BCUT2D eigenvalue weighted by Gasteiger charge is 2.17. The number of carbonyl (C=O) groups excluding carboxylic acids is 1. The van der Waals surface area contributed by atoms with Gasteiger partial charge in [-0.1, -0.05) is 23.2 Å². The maximum atomic E-state index is 13.0. The molecule has 0 bridgehead atoms. The van der Waals surface area contributed by atoms with E-state index in [4.69, 9.17) is 33.2 Å². The van der Waals surface area contributed by atoms with Crippen LogP contribution in [0.4, 0.5) is 10.1 Å². The fraction of sp³-hybridized carbons (Fsp3) is 0.176. The van der Waals surface area contributed by atoms with Gasteiger partial charge in [-0.15, -0.1) is 0 Å². The summed E-state index contributed by atoms with van der Waals surface area (Å²) in [5.41, 5.74) is 0.488. The minimum atomic E-state index is -0.407. The van der Waals surface area contributed by atoms with Gasteiger partial charge in [0.15, 0.2) is 6.61 Å². The van der Waals surface area contributed by atoms with E-state index in [9.17, 15) is 9.18 Å². The molecule has 0 aliphatic rings. The van der Waals surface area contributed by atoms with Crippen molar-refractivity contribution in [1.82, 2.24) is 0 Å². The Kier molecular flexibility index (Phi) is 6.42. The molecular weight excluding hydrogens is 354 g/mol. The van der Waals surface area contributed by atoms with E-state index in [1.54, 1.807) is 12.1 Å². The lowest BCUT2D eigenvalue weighted by Crippen LogP contribution is -2.35. The summed E-state index contributed by atoms with van der Waals surface area (Å²) in [6.07, 6.45) is 0.144. The number of hydrogen-bond donors (Lipinski definition) is 0. The van der Waals surface area contributed by atoms with Crippen molar-refractivity contribution in [3.63, 3.8) is 0 Å². The number of nitriles is 1. The molecule has 2 aromatic carbocycles. The largest absolute Gasteiger partial charge is 0.482 e. The molecule has 0 heterocycles. The molecule has 0 spiro atoms. The van der Waals surface area contributed by atoms with Crippen molar-refractivity contribution in [3.05, 3.63) is 58.3 Å². The average molecular weight is 367 g/mol. The molecule has 0 fully saturated rings. The summed E-state index contributed by atoms with van der Waals surface area (Å²) < 4.78 is 18.5. The average Bonchev–Trinajstić information content (AvgIpc) is 2.56. The number of rotatable bonds is 6. The summed E-state index contributed by atoms with van der Waals surface area (Å²) >= 11 is 11.8. The molecule has 1 amide bonds. The van der Waals surface area contributed by atoms with E-state index in [1.807, 2.05) is 6.07 Å². The maximum Gasteiger partial charge on any atom is 0.264 e. The molecule has 0 aliphatic heterocycles. The van der Waals surface area contributed by atoms with Crippen LogP contribution in [0, 0.1) is 17.1 Å². The summed E-state index contributed by atoms with van der Waals surface area (Å²) in [6.45, 7) is -0.0944. The van der Waals surface area contributed by atoms with Crippen molar-refractivity contribution in [2.45, 2.75) is 6.42 Å². The van der Waals surface area contributed by atoms with Crippen LogP contribution in [0.2, 0.25) is 10.0 Å². The van der Waals surface area contributed by atoms with E-state index in [-0.39, 0.29) is 25.5 Å². The zero-order valence-electron chi connectivity index (χ0n) is 12.5. The third kappa shape index (κ3) is 4.85. The Morgan fingerprint density at radius 1 is 1.21 bits per heavy atom. The maximum absolute atomic E-state index is 13.0. The van der Waals surface area contributed by atoms with Crippen LogP contribution in [0.25, 0.3) is 0 Å². The highest BCUT2D eigenvalue weighted by molar-refractivity contribution is 6.35. The third-order valence-corrected chi connectivity index (χ3v) is 3.66. The van der Waals surface area contributed by atoms with Crippen LogP contribution in [0.3, 0.4) is 0 Å². The second-order valence-electron chi connectivity index (χ2n) is 4.79. The number of halogens is 3. The lowest BCUT2D eigenvalue weighted by molar-refractivity contribution is -0.120. The zero-order chi connectivity index (χ0) is 17.5. The van der Waals surface area contributed by atoms with Gasteiger partial charge in [-0.05, 0) is 42.5 Å². The van der Waals surface area contributed by atoms with Crippen LogP contribution >= 0.6 is 23.2 Å². The van der Waals surface area contributed by atoms with E-state index in [0.29, 0.717) is 21.5 Å². The molecule has 0 aliphatic carbocycles. The molecule has 0 saturated heterocycles. The van der Waals surface area contributed by atoms with Crippen molar-refractivity contribution in [3.8, 4) is 11.8 Å². The molecule has 0 unspecified atom stereocenters. The van der Waals surface area contributed by atoms with E-state index >= 15 is 0 Å². The zero-order valence-corrected chi connectivity index (χ0v) is 14.0. The number of carbonyl (C=O) groups is 1. The second-order valence-corrected chi connectivity index (χ2v) is 5.64. The van der Waals surface area contributed by atoms with Crippen molar-refractivity contribution >= 4 is 34.8 Å². The Morgan fingerprint density at radius 2 is 1.92 bits per heavy atom. The predicted octanol–water partition coefficient (Wildman–Crippen LogP) is 4.46. The lowest BCUT2D eigenvalue weighted by Gasteiger charge is -2.22. The molecule has 2 aromatic rings. The number of amides is 1. The number of nitrogens with zero attached hydrogens (tertiary/aromatic N) is 2. The minimum absolute atomic E-state index is 0.144. The summed E-state index contributed by atoms with van der Waals surface area (Å²) in [7, 11) is 0. The van der Waals surface area contributed by atoms with Gasteiger partial charge in [0.1, 0.15) is 11.6 Å². The molecule has 7 heteroatoms. The van der Waals surface area contributed by atoms with Crippen molar-refractivity contribution in [1.29, 1.82) is 5.26 Å². The molecule has 0 aromatic heterocycles. The quantitative estimate of drug-likeness (QED) is 0.758. The molecule has 0 N–H and O–H groups in total. The monoisotopic (exact) mass is 366 g/mol. The van der Waals surface area contributed by atoms with Crippen LogP contribution in [0.1, 0.15) is 6.42 Å². The van der Waals surface area contributed by atoms with Crippen molar-refractivity contribution in [2.24, 2.45) is 0 Å². The first-order valence-electron chi connectivity index (χ1n) is 7.02. The summed E-state index contributed by atoms with van der Waals surface area (Å²) in [6, 6.07) is 12.1. The summed E-state index contributed by atoms with van der Waals surface area (Å²) in [4.78, 5) is 13.8. The number of benzene rings is 2. The molecule has 0 atom stereocenters. The Bertz CT molecular complexity index is 760. The normalized spacial score (nSPS) is 10.1. The van der Waals surface area contributed by atoms with Gasteiger partial charge < -0.3 is 9.64 Å². The van der Waals surface area contributed by atoms with Crippen LogP contribution in [0.5, 0.6) is 5.75 Å². The van der Waals surface area contributed by atoms with E-state index in [2.05, 4.69) is 0 Å². The van der Waals surface area contributed by atoms with Crippen LogP contribution in [0.15, 0.2) is 42.5 Å².